The number of piperazine rings is 1. The molecular formula is C21H22ClN3O2S. The van der Waals surface area contributed by atoms with E-state index in [1.165, 1.54) is 5.56 Å². The smallest absolute Gasteiger partial charge is 0.253 e. The van der Waals surface area contributed by atoms with Gasteiger partial charge in [-0.2, -0.15) is 0 Å². The molecule has 1 fully saturated rings. The summed E-state index contributed by atoms with van der Waals surface area (Å²) in [4.78, 5) is 21.7. The lowest BCUT2D eigenvalue weighted by Gasteiger charge is -2.34. The topological polar surface area (TPSA) is 45.7 Å². The Morgan fingerprint density at radius 3 is 2.54 bits per heavy atom. The van der Waals surface area contributed by atoms with Crippen molar-refractivity contribution in [3.63, 3.8) is 0 Å². The first-order valence-corrected chi connectivity index (χ1v) is 10.4. The van der Waals surface area contributed by atoms with Gasteiger partial charge in [0, 0.05) is 31.7 Å². The number of nitrogens with zero attached hydrogens (tertiary/aromatic N) is 3. The zero-order chi connectivity index (χ0) is 19.8. The van der Waals surface area contributed by atoms with Gasteiger partial charge in [-0.15, -0.1) is 0 Å². The highest BCUT2D eigenvalue weighted by Gasteiger charge is 2.25. The zero-order valence-corrected chi connectivity index (χ0v) is 17.7. The summed E-state index contributed by atoms with van der Waals surface area (Å²) >= 11 is 7.91. The van der Waals surface area contributed by atoms with E-state index >= 15 is 0 Å². The Kier molecular flexibility index (Phi) is 5.17. The fourth-order valence-electron chi connectivity index (χ4n) is 3.40. The van der Waals surface area contributed by atoms with Gasteiger partial charge in [0.25, 0.3) is 5.91 Å². The van der Waals surface area contributed by atoms with Crippen LogP contribution in [0.5, 0.6) is 5.75 Å². The van der Waals surface area contributed by atoms with Crippen LogP contribution in [-0.2, 0) is 0 Å². The molecule has 0 saturated carbocycles. The quantitative estimate of drug-likeness (QED) is 0.630. The Morgan fingerprint density at radius 1 is 1.11 bits per heavy atom. The third-order valence-electron chi connectivity index (χ3n) is 5.26. The Balaban J connectivity index is 1.49. The van der Waals surface area contributed by atoms with Crippen molar-refractivity contribution in [3.05, 3.63) is 52.0 Å². The lowest BCUT2D eigenvalue weighted by Crippen LogP contribution is -2.48. The van der Waals surface area contributed by atoms with Crippen LogP contribution in [0.1, 0.15) is 21.5 Å². The van der Waals surface area contributed by atoms with E-state index in [4.69, 9.17) is 21.3 Å². The standard InChI is InChI=1S/C21H22ClN3O2S/c1-13-4-5-15(12-14(13)2)20(26)24-8-10-25(11-9-24)21-23-18-17(27-3)7-6-16(22)19(18)28-21/h4-7,12H,8-11H2,1-3H3. The average molecular weight is 416 g/mol. The van der Waals surface area contributed by atoms with Crippen molar-refractivity contribution < 1.29 is 9.53 Å². The number of anilines is 1. The van der Waals surface area contributed by atoms with E-state index in [2.05, 4.69) is 11.8 Å². The number of hydrogen-bond acceptors (Lipinski definition) is 5. The van der Waals surface area contributed by atoms with Crippen LogP contribution < -0.4 is 9.64 Å². The van der Waals surface area contributed by atoms with E-state index < -0.39 is 0 Å². The predicted octanol–water partition coefficient (Wildman–Crippen LogP) is 4.54. The molecule has 7 heteroatoms. The lowest BCUT2D eigenvalue weighted by atomic mass is 10.1. The highest BCUT2D eigenvalue weighted by molar-refractivity contribution is 7.22. The Bertz CT molecular complexity index is 1040. The second-order valence-electron chi connectivity index (χ2n) is 7.00. The molecule has 1 aromatic heterocycles. The lowest BCUT2D eigenvalue weighted by molar-refractivity contribution is 0.0746. The molecule has 1 saturated heterocycles. The molecule has 5 nitrogen and oxygen atoms in total. The van der Waals surface area contributed by atoms with Crippen LogP contribution in [-0.4, -0.2) is 49.1 Å². The molecule has 1 aliphatic heterocycles. The molecule has 0 radical (unpaired) electrons. The molecule has 2 aromatic carbocycles. The first kappa shape index (κ1) is 19.0. The van der Waals surface area contributed by atoms with Gasteiger partial charge < -0.3 is 14.5 Å². The molecular weight excluding hydrogens is 394 g/mol. The van der Waals surface area contributed by atoms with Gasteiger partial charge in [0.2, 0.25) is 0 Å². The fraction of sp³-hybridized carbons (Fsp3) is 0.333. The molecule has 0 bridgehead atoms. The number of methoxy groups -OCH3 is 1. The predicted molar refractivity (Wildman–Crippen MR) is 115 cm³/mol. The fourth-order valence-corrected chi connectivity index (χ4v) is 4.71. The summed E-state index contributed by atoms with van der Waals surface area (Å²) < 4.78 is 6.35. The summed E-state index contributed by atoms with van der Waals surface area (Å²) in [6.07, 6.45) is 0. The minimum absolute atomic E-state index is 0.0942. The molecule has 0 aliphatic carbocycles. The van der Waals surface area contributed by atoms with Crippen molar-refractivity contribution in [2.24, 2.45) is 0 Å². The first-order chi connectivity index (χ1) is 13.5. The SMILES string of the molecule is COc1ccc(Cl)c2sc(N3CCN(C(=O)c4ccc(C)c(C)c4)CC3)nc12. The molecule has 4 rings (SSSR count). The van der Waals surface area contributed by atoms with Crippen LogP contribution in [0.25, 0.3) is 10.2 Å². The molecule has 3 aromatic rings. The molecule has 0 spiro atoms. The van der Waals surface area contributed by atoms with E-state index in [9.17, 15) is 4.79 Å². The van der Waals surface area contributed by atoms with Crippen molar-refractivity contribution in [3.8, 4) is 5.75 Å². The minimum Gasteiger partial charge on any atom is -0.494 e. The molecule has 1 amide bonds. The van der Waals surface area contributed by atoms with Gasteiger partial charge in [-0.1, -0.05) is 29.0 Å². The maximum absolute atomic E-state index is 12.8. The Morgan fingerprint density at radius 2 is 1.86 bits per heavy atom. The number of ether oxygens (including phenoxy) is 1. The molecule has 0 atom stereocenters. The number of halogens is 1. The molecule has 146 valence electrons. The van der Waals surface area contributed by atoms with Crippen LogP contribution in [0.2, 0.25) is 5.02 Å². The number of rotatable bonds is 3. The molecule has 0 N–H and O–H groups in total. The summed E-state index contributed by atoms with van der Waals surface area (Å²) in [5, 5.41) is 1.60. The van der Waals surface area contributed by atoms with Crippen LogP contribution in [0.15, 0.2) is 30.3 Å². The number of fused-ring (bicyclic) bond motifs is 1. The molecule has 28 heavy (non-hydrogen) atoms. The number of carbonyl (C=O) groups excluding carboxylic acids is 1. The number of thiazole rings is 1. The van der Waals surface area contributed by atoms with E-state index in [1.807, 2.05) is 42.2 Å². The summed E-state index contributed by atoms with van der Waals surface area (Å²) in [6, 6.07) is 9.58. The van der Waals surface area contributed by atoms with Gasteiger partial charge in [0.15, 0.2) is 5.13 Å². The van der Waals surface area contributed by atoms with E-state index in [0.29, 0.717) is 18.1 Å². The van der Waals surface area contributed by atoms with Crippen molar-refractivity contribution in [2.45, 2.75) is 13.8 Å². The zero-order valence-electron chi connectivity index (χ0n) is 16.2. The first-order valence-electron chi connectivity index (χ1n) is 9.22. The van der Waals surface area contributed by atoms with Crippen LogP contribution >= 0.6 is 22.9 Å². The summed E-state index contributed by atoms with van der Waals surface area (Å²) in [5.74, 6) is 0.821. The van der Waals surface area contributed by atoms with Crippen molar-refractivity contribution in [1.82, 2.24) is 9.88 Å². The maximum atomic E-state index is 12.8. The number of benzene rings is 2. The summed E-state index contributed by atoms with van der Waals surface area (Å²) in [6.45, 7) is 6.93. The van der Waals surface area contributed by atoms with E-state index in [-0.39, 0.29) is 5.91 Å². The third kappa shape index (κ3) is 3.42. The number of carbonyl (C=O) groups is 1. The largest absolute Gasteiger partial charge is 0.494 e. The number of amides is 1. The second-order valence-corrected chi connectivity index (χ2v) is 8.39. The van der Waals surface area contributed by atoms with Gasteiger partial charge in [-0.25, -0.2) is 4.98 Å². The van der Waals surface area contributed by atoms with Gasteiger partial charge in [0.05, 0.1) is 16.8 Å². The summed E-state index contributed by atoms with van der Waals surface area (Å²) in [5.41, 5.74) is 3.90. The minimum atomic E-state index is 0.0942. The van der Waals surface area contributed by atoms with E-state index in [0.717, 1.165) is 45.3 Å². The Hall–Kier alpha value is -2.31. The van der Waals surface area contributed by atoms with E-state index in [1.54, 1.807) is 18.4 Å². The van der Waals surface area contributed by atoms with Crippen LogP contribution in [0.3, 0.4) is 0 Å². The normalized spacial score (nSPS) is 14.6. The molecule has 0 unspecified atom stereocenters. The van der Waals surface area contributed by atoms with Gasteiger partial charge in [0.1, 0.15) is 11.3 Å². The van der Waals surface area contributed by atoms with Crippen LogP contribution in [0.4, 0.5) is 5.13 Å². The monoisotopic (exact) mass is 415 g/mol. The maximum Gasteiger partial charge on any atom is 0.253 e. The number of aromatic nitrogens is 1. The highest BCUT2D eigenvalue weighted by atomic mass is 35.5. The number of hydrogen-bond donors (Lipinski definition) is 0. The van der Waals surface area contributed by atoms with Gasteiger partial charge >= 0.3 is 0 Å². The van der Waals surface area contributed by atoms with Crippen molar-refractivity contribution >= 4 is 44.2 Å². The van der Waals surface area contributed by atoms with Gasteiger partial charge in [-0.05, 0) is 49.2 Å². The highest BCUT2D eigenvalue weighted by Crippen LogP contribution is 2.38. The third-order valence-corrected chi connectivity index (χ3v) is 6.83. The van der Waals surface area contributed by atoms with Gasteiger partial charge in [-0.3, -0.25) is 4.79 Å². The Labute approximate surface area is 173 Å². The molecule has 1 aliphatic rings. The number of aryl methyl sites for hydroxylation is 2. The average Bonchev–Trinajstić information content (AvgIpc) is 3.16. The molecule has 2 heterocycles. The van der Waals surface area contributed by atoms with Crippen molar-refractivity contribution in [2.75, 3.05) is 38.2 Å². The van der Waals surface area contributed by atoms with Crippen LogP contribution in [0, 0.1) is 13.8 Å². The second kappa shape index (κ2) is 7.60. The van der Waals surface area contributed by atoms with Crippen molar-refractivity contribution in [1.29, 1.82) is 0 Å². The summed E-state index contributed by atoms with van der Waals surface area (Å²) in [7, 11) is 1.64.